The van der Waals surface area contributed by atoms with Crippen LogP contribution in [0.1, 0.15) is 32.3 Å². The second-order valence-electron chi connectivity index (χ2n) is 7.25. The maximum atomic E-state index is 12.6. The third kappa shape index (κ3) is 5.61. The molecular weight excluding hydrogens is 362 g/mol. The fourth-order valence-corrected chi connectivity index (χ4v) is 3.34. The van der Waals surface area contributed by atoms with Crippen molar-refractivity contribution < 1.29 is 24.2 Å². The number of benzene rings is 1. The molecule has 1 aliphatic heterocycles. The quantitative estimate of drug-likeness (QED) is 0.624. The summed E-state index contributed by atoms with van der Waals surface area (Å²) in [6.07, 6.45) is 1.55. The number of para-hydroxylation sites is 1. The Kier molecular flexibility index (Phi) is 7.66. The highest BCUT2D eigenvalue weighted by Gasteiger charge is 2.34. The molecule has 1 aliphatic rings. The lowest BCUT2D eigenvalue weighted by Gasteiger charge is -2.26. The summed E-state index contributed by atoms with van der Waals surface area (Å²) >= 11 is 0. The molecule has 2 rings (SSSR count). The third-order valence-corrected chi connectivity index (χ3v) is 4.76. The number of hydrogen-bond acceptors (Lipinski definition) is 4. The Morgan fingerprint density at radius 1 is 1.29 bits per heavy atom. The highest BCUT2D eigenvalue weighted by molar-refractivity contribution is 5.88. The molecule has 0 aromatic heterocycles. The van der Waals surface area contributed by atoms with Crippen LogP contribution in [0.15, 0.2) is 24.3 Å². The van der Waals surface area contributed by atoms with E-state index in [0.29, 0.717) is 18.7 Å². The molecule has 1 aromatic carbocycles. The fourth-order valence-electron chi connectivity index (χ4n) is 3.34. The van der Waals surface area contributed by atoms with Crippen molar-refractivity contribution >= 4 is 17.9 Å². The Bertz CT molecular complexity index is 707. The maximum Gasteiger partial charge on any atom is 0.318 e. The molecule has 1 unspecified atom stereocenters. The van der Waals surface area contributed by atoms with Gasteiger partial charge in [-0.15, -0.1) is 0 Å². The van der Waals surface area contributed by atoms with Crippen molar-refractivity contribution in [3.05, 3.63) is 29.8 Å². The highest BCUT2D eigenvalue weighted by Crippen LogP contribution is 2.21. The van der Waals surface area contributed by atoms with Gasteiger partial charge in [-0.2, -0.15) is 0 Å². The summed E-state index contributed by atoms with van der Waals surface area (Å²) in [5, 5.41) is 15.1. The van der Waals surface area contributed by atoms with E-state index >= 15 is 0 Å². The van der Waals surface area contributed by atoms with Crippen LogP contribution in [0.5, 0.6) is 5.75 Å². The van der Waals surface area contributed by atoms with Crippen molar-refractivity contribution in [2.45, 2.75) is 45.2 Å². The Morgan fingerprint density at radius 2 is 2.00 bits per heavy atom. The summed E-state index contributed by atoms with van der Waals surface area (Å²) in [6.45, 7) is 4.22. The van der Waals surface area contributed by atoms with Crippen LogP contribution >= 0.6 is 0 Å². The van der Waals surface area contributed by atoms with Crippen molar-refractivity contribution in [1.29, 1.82) is 0 Å². The molecule has 3 N–H and O–H groups in total. The minimum atomic E-state index is -0.993. The first-order valence-corrected chi connectivity index (χ1v) is 9.53. The minimum absolute atomic E-state index is 0.0116. The first kappa shape index (κ1) is 21.5. The van der Waals surface area contributed by atoms with Crippen LogP contribution in [-0.2, 0) is 16.0 Å². The van der Waals surface area contributed by atoms with E-state index in [1.807, 2.05) is 32.0 Å². The average Bonchev–Trinajstić information content (AvgIpc) is 3.14. The molecule has 154 valence electrons. The van der Waals surface area contributed by atoms with Gasteiger partial charge < -0.3 is 25.4 Å². The van der Waals surface area contributed by atoms with Gasteiger partial charge in [-0.3, -0.25) is 9.59 Å². The zero-order valence-electron chi connectivity index (χ0n) is 16.6. The predicted molar refractivity (Wildman–Crippen MR) is 104 cm³/mol. The molecule has 1 heterocycles. The van der Waals surface area contributed by atoms with E-state index in [9.17, 15) is 19.5 Å². The van der Waals surface area contributed by atoms with Gasteiger partial charge >= 0.3 is 12.0 Å². The van der Waals surface area contributed by atoms with Gasteiger partial charge in [0, 0.05) is 19.1 Å². The molecule has 0 spiro atoms. The Hall–Kier alpha value is -2.77. The van der Waals surface area contributed by atoms with Crippen molar-refractivity contribution in [2.24, 2.45) is 5.92 Å². The number of carbonyl (C=O) groups is 3. The number of ether oxygens (including phenoxy) is 1. The third-order valence-electron chi connectivity index (χ3n) is 4.76. The molecule has 1 fully saturated rings. The van der Waals surface area contributed by atoms with Crippen LogP contribution in [0.2, 0.25) is 0 Å². The first-order chi connectivity index (χ1) is 13.3. The number of nitrogens with zero attached hydrogens (tertiary/aromatic N) is 1. The summed E-state index contributed by atoms with van der Waals surface area (Å²) < 4.78 is 5.27. The second kappa shape index (κ2) is 9.96. The monoisotopic (exact) mass is 391 g/mol. The number of likely N-dealkylation sites (tertiary alicyclic amines) is 1. The molecule has 8 heteroatoms. The number of methoxy groups -OCH3 is 1. The van der Waals surface area contributed by atoms with Crippen LogP contribution in [0.25, 0.3) is 0 Å². The molecule has 1 aromatic rings. The van der Waals surface area contributed by atoms with Crippen molar-refractivity contribution in [3.63, 3.8) is 0 Å². The fraction of sp³-hybridized carbons (Fsp3) is 0.550. The molecule has 2 atom stereocenters. The largest absolute Gasteiger partial charge is 0.496 e. The molecule has 8 nitrogen and oxygen atoms in total. The lowest BCUT2D eigenvalue weighted by atomic mass is 9.98. The van der Waals surface area contributed by atoms with E-state index in [0.717, 1.165) is 12.0 Å². The van der Waals surface area contributed by atoms with Gasteiger partial charge in [0.05, 0.1) is 13.0 Å². The van der Waals surface area contributed by atoms with Crippen LogP contribution < -0.4 is 15.4 Å². The van der Waals surface area contributed by atoms with E-state index in [2.05, 4.69) is 10.6 Å². The van der Waals surface area contributed by atoms with Gasteiger partial charge in [0.1, 0.15) is 11.8 Å². The number of carboxylic acid groups (broad SMARTS) is 1. The van der Waals surface area contributed by atoms with Crippen molar-refractivity contribution in [1.82, 2.24) is 15.5 Å². The number of rotatable bonds is 8. The van der Waals surface area contributed by atoms with Gasteiger partial charge in [0.25, 0.3) is 0 Å². The molecule has 3 amide bonds. The van der Waals surface area contributed by atoms with Crippen molar-refractivity contribution in [3.8, 4) is 5.75 Å². The van der Waals surface area contributed by atoms with E-state index < -0.39 is 17.9 Å². The standard InChI is InChI=1S/C20H29N3O5/c1-13(2)22-20(27)23-10-6-8-16(23)18(24)21-12-15(19(25)26)11-14-7-4-5-9-17(14)28-3/h4-5,7,9,13,15-16H,6,8,10-12H2,1-3H3,(H,21,24)(H,22,27)(H,25,26)/t15?,16-/m0/s1. The zero-order chi connectivity index (χ0) is 20.7. The number of aliphatic carboxylic acids is 1. The van der Waals surface area contributed by atoms with Crippen molar-refractivity contribution in [2.75, 3.05) is 20.2 Å². The van der Waals surface area contributed by atoms with E-state index in [-0.39, 0.29) is 30.9 Å². The number of carbonyl (C=O) groups excluding carboxylic acids is 2. The number of amides is 3. The number of nitrogens with one attached hydrogen (secondary N) is 2. The number of urea groups is 1. The summed E-state index contributed by atoms with van der Waals surface area (Å²) in [7, 11) is 1.53. The SMILES string of the molecule is COc1ccccc1CC(CNC(=O)[C@@H]1CCCN1C(=O)NC(C)C)C(=O)O. The zero-order valence-corrected chi connectivity index (χ0v) is 16.6. The molecule has 0 saturated carbocycles. The molecule has 1 saturated heterocycles. The highest BCUT2D eigenvalue weighted by atomic mass is 16.5. The normalized spacial score (nSPS) is 17.3. The van der Waals surface area contributed by atoms with Gasteiger partial charge in [-0.05, 0) is 44.7 Å². The van der Waals surface area contributed by atoms with Gasteiger partial charge in [-0.1, -0.05) is 18.2 Å². The Balaban J connectivity index is 1.98. The summed E-state index contributed by atoms with van der Waals surface area (Å²) in [6, 6.07) is 6.36. The molecule has 28 heavy (non-hydrogen) atoms. The first-order valence-electron chi connectivity index (χ1n) is 9.53. The maximum absolute atomic E-state index is 12.6. The number of carboxylic acids is 1. The smallest absolute Gasteiger partial charge is 0.318 e. The lowest BCUT2D eigenvalue weighted by molar-refractivity contribution is -0.141. The summed E-state index contributed by atoms with van der Waals surface area (Å²) in [5.41, 5.74) is 0.769. The minimum Gasteiger partial charge on any atom is -0.496 e. The van der Waals surface area contributed by atoms with E-state index in [1.54, 1.807) is 6.07 Å². The average molecular weight is 391 g/mol. The number of hydrogen-bond donors (Lipinski definition) is 3. The van der Waals surface area contributed by atoms with Crippen LogP contribution in [0, 0.1) is 5.92 Å². The Labute approximate surface area is 165 Å². The van der Waals surface area contributed by atoms with E-state index in [4.69, 9.17) is 4.74 Å². The van der Waals surface area contributed by atoms with E-state index in [1.165, 1.54) is 12.0 Å². The van der Waals surface area contributed by atoms with Gasteiger partial charge in [0.15, 0.2) is 0 Å². The summed E-state index contributed by atoms with van der Waals surface area (Å²) in [5.74, 6) is -1.48. The summed E-state index contributed by atoms with van der Waals surface area (Å²) in [4.78, 5) is 38.0. The molecule has 0 bridgehead atoms. The molecule has 0 radical (unpaired) electrons. The molecular formula is C20H29N3O5. The topological polar surface area (TPSA) is 108 Å². The van der Waals surface area contributed by atoms with Gasteiger partial charge in [-0.25, -0.2) is 4.79 Å². The van der Waals surface area contributed by atoms with Crippen LogP contribution in [-0.4, -0.2) is 60.2 Å². The second-order valence-corrected chi connectivity index (χ2v) is 7.25. The molecule has 0 aliphatic carbocycles. The van der Waals surface area contributed by atoms with Crippen LogP contribution in [0.4, 0.5) is 4.79 Å². The van der Waals surface area contributed by atoms with Crippen LogP contribution in [0.3, 0.4) is 0 Å². The predicted octanol–water partition coefficient (Wildman–Crippen LogP) is 1.64. The lowest BCUT2D eigenvalue weighted by Crippen LogP contribution is -2.51. The Morgan fingerprint density at radius 3 is 2.64 bits per heavy atom. The van der Waals surface area contributed by atoms with Gasteiger partial charge in [0.2, 0.25) is 5.91 Å².